The number of rotatable bonds is 14. The standard InChI is InChI=1S/C32H44O5/c1-22(2)12-9-14-25(7)18-20-34-30-29-27(36-24(5)6)16-11-17-28(29)37-32(33)31(30)35-21-19-26(8)15-10-13-23(3)4/h11-13,16-19,24H,9-10,14-15,20-21H2,1-8H3. The Kier molecular flexibility index (Phi) is 12.3. The van der Waals surface area contributed by atoms with Gasteiger partial charge in [-0.2, -0.15) is 0 Å². The Morgan fingerprint density at radius 1 is 0.811 bits per heavy atom. The Balaban J connectivity index is 2.36. The molecular formula is C32H44O5. The first-order chi connectivity index (χ1) is 17.6. The Morgan fingerprint density at radius 2 is 1.35 bits per heavy atom. The largest absolute Gasteiger partial charge is 0.490 e. The normalized spacial score (nSPS) is 12.0. The van der Waals surface area contributed by atoms with Crippen LogP contribution in [-0.2, 0) is 0 Å². The molecule has 0 fully saturated rings. The zero-order valence-electron chi connectivity index (χ0n) is 23.9. The maximum atomic E-state index is 12.9. The first kappa shape index (κ1) is 30.0. The molecule has 0 bridgehead atoms. The van der Waals surface area contributed by atoms with E-state index in [0.29, 0.717) is 29.1 Å². The van der Waals surface area contributed by atoms with Gasteiger partial charge in [0.25, 0.3) is 0 Å². The molecule has 0 aliphatic rings. The summed E-state index contributed by atoms with van der Waals surface area (Å²) in [4.78, 5) is 12.9. The Bertz CT molecular complexity index is 1200. The molecule has 0 amide bonds. The number of allylic oxidation sites excluding steroid dienone is 6. The highest BCUT2D eigenvalue weighted by atomic mass is 16.5. The van der Waals surface area contributed by atoms with Gasteiger partial charge < -0.3 is 18.6 Å². The van der Waals surface area contributed by atoms with Crippen LogP contribution < -0.4 is 19.8 Å². The molecule has 0 radical (unpaired) electrons. The Labute approximate surface area is 222 Å². The molecule has 0 spiro atoms. The van der Waals surface area contributed by atoms with E-state index in [9.17, 15) is 4.79 Å². The molecule has 0 aliphatic heterocycles. The van der Waals surface area contributed by atoms with Crippen LogP contribution >= 0.6 is 0 Å². The highest BCUT2D eigenvalue weighted by Crippen LogP contribution is 2.39. The van der Waals surface area contributed by atoms with Crippen LogP contribution in [-0.4, -0.2) is 19.3 Å². The SMILES string of the molecule is CC(C)=CCCC(C)=CCOc1c(OCC=C(C)CCC=C(C)C)c2c(OC(C)C)cccc2oc1=O. The van der Waals surface area contributed by atoms with Crippen molar-refractivity contribution in [3.05, 3.63) is 75.2 Å². The minimum absolute atomic E-state index is 0.0571. The molecule has 5 nitrogen and oxygen atoms in total. The minimum Gasteiger partial charge on any atom is -0.490 e. The molecule has 0 saturated heterocycles. The van der Waals surface area contributed by atoms with Gasteiger partial charge in [0.15, 0.2) is 5.75 Å². The van der Waals surface area contributed by atoms with Crippen molar-refractivity contribution in [2.45, 2.75) is 87.2 Å². The van der Waals surface area contributed by atoms with Gasteiger partial charge in [-0.25, -0.2) is 4.79 Å². The second kappa shape index (κ2) is 15.1. The summed E-state index contributed by atoms with van der Waals surface area (Å²) < 4.78 is 23.8. The van der Waals surface area contributed by atoms with E-state index in [4.69, 9.17) is 18.6 Å². The van der Waals surface area contributed by atoms with E-state index in [1.165, 1.54) is 22.3 Å². The first-order valence-corrected chi connectivity index (χ1v) is 13.2. The van der Waals surface area contributed by atoms with Crippen LogP contribution in [0.1, 0.15) is 81.1 Å². The van der Waals surface area contributed by atoms with E-state index in [1.54, 1.807) is 12.1 Å². The molecule has 0 N–H and O–H groups in total. The van der Waals surface area contributed by atoms with Gasteiger partial charge >= 0.3 is 5.63 Å². The van der Waals surface area contributed by atoms with E-state index in [2.05, 4.69) is 53.7 Å². The molecule has 1 aromatic carbocycles. The van der Waals surface area contributed by atoms with Gasteiger partial charge in [-0.1, -0.05) is 40.5 Å². The lowest BCUT2D eigenvalue weighted by atomic mass is 10.1. The van der Waals surface area contributed by atoms with Crippen LogP contribution in [0, 0.1) is 0 Å². The van der Waals surface area contributed by atoms with Gasteiger partial charge in [-0.3, -0.25) is 0 Å². The first-order valence-electron chi connectivity index (χ1n) is 13.2. The number of ether oxygens (including phenoxy) is 3. The fourth-order valence-corrected chi connectivity index (χ4v) is 3.70. The van der Waals surface area contributed by atoms with Gasteiger partial charge in [-0.05, 0) is 105 Å². The maximum Gasteiger partial charge on any atom is 0.383 e. The monoisotopic (exact) mass is 508 g/mol. The molecule has 1 heterocycles. The van der Waals surface area contributed by atoms with Crippen molar-refractivity contribution in [1.29, 1.82) is 0 Å². The van der Waals surface area contributed by atoms with Crippen molar-refractivity contribution in [1.82, 2.24) is 0 Å². The van der Waals surface area contributed by atoms with Gasteiger partial charge in [0.05, 0.1) is 6.10 Å². The van der Waals surface area contributed by atoms with E-state index < -0.39 is 5.63 Å². The third-order valence-electron chi connectivity index (χ3n) is 5.67. The molecule has 2 aromatic rings. The molecule has 0 saturated carbocycles. The summed E-state index contributed by atoms with van der Waals surface area (Å²) in [5.41, 5.74) is 4.88. The predicted molar refractivity (Wildman–Crippen MR) is 154 cm³/mol. The molecule has 37 heavy (non-hydrogen) atoms. The number of benzene rings is 1. The van der Waals surface area contributed by atoms with Crippen LogP contribution in [0.4, 0.5) is 0 Å². The van der Waals surface area contributed by atoms with E-state index in [-0.39, 0.29) is 18.5 Å². The highest BCUT2D eigenvalue weighted by Gasteiger charge is 2.21. The average molecular weight is 509 g/mol. The Hall–Kier alpha value is -3.21. The van der Waals surface area contributed by atoms with Crippen molar-refractivity contribution in [3.63, 3.8) is 0 Å². The predicted octanol–water partition coefficient (Wildman–Crippen LogP) is 8.72. The van der Waals surface area contributed by atoms with Crippen molar-refractivity contribution in [3.8, 4) is 17.2 Å². The van der Waals surface area contributed by atoms with Gasteiger partial charge in [0.1, 0.15) is 29.9 Å². The topological polar surface area (TPSA) is 57.9 Å². The van der Waals surface area contributed by atoms with Crippen molar-refractivity contribution >= 4 is 11.0 Å². The highest BCUT2D eigenvalue weighted by molar-refractivity contribution is 5.91. The fraction of sp³-hybridized carbons (Fsp3) is 0.469. The van der Waals surface area contributed by atoms with E-state index >= 15 is 0 Å². The number of hydrogen-bond donors (Lipinski definition) is 0. The lowest BCUT2D eigenvalue weighted by molar-refractivity contribution is 0.243. The quantitative estimate of drug-likeness (QED) is 0.189. The van der Waals surface area contributed by atoms with Crippen molar-refractivity contribution in [2.24, 2.45) is 0 Å². The number of hydrogen-bond acceptors (Lipinski definition) is 5. The van der Waals surface area contributed by atoms with E-state index in [1.807, 2.05) is 32.1 Å². The zero-order valence-corrected chi connectivity index (χ0v) is 23.9. The zero-order chi connectivity index (χ0) is 27.4. The Morgan fingerprint density at radius 3 is 1.86 bits per heavy atom. The molecule has 2 rings (SSSR count). The molecule has 0 unspecified atom stereocenters. The average Bonchev–Trinajstić information content (AvgIpc) is 2.79. The molecule has 0 aliphatic carbocycles. The molecule has 5 heteroatoms. The van der Waals surface area contributed by atoms with Crippen LogP contribution in [0.25, 0.3) is 11.0 Å². The third-order valence-corrected chi connectivity index (χ3v) is 5.67. The maximum absolute atomic E-state index is 12.9. The molecule has 202 valence electrons. The molecule has 0 atom stereocenters. The van der Waals surface area contributed by atoms with Crippen LogP contribution in [0.2, 0.25) is 0 Å². The summed E-state index contributed by atoms with van der Waals surface area (Å²) in [5.74, 6) is 1.01. The lowest BCUT2D eigenvalue weighted by Crippen LogP contribution is -2.12. The summed E-state index contributed by atoms with van der Waals surface area (Å²) in [6.45, 7) is 17.0. The van der Waals surface area contributed by atoms with Gasteiger partial charge in [-0.15, -0.1) is 0 Å². The van der Waals surface area contributed by atoms with Crippen LogP contribution in [0.3, 0.4) is 0 Å². The summed E-state index contributed by atoms with van der Waals surface area (Å²) in [7, 11) is 0. The summed E-state index contributed by atoms with van der Waals surface area (Å²) in [6.07, 6.45) is 12.3. The summed E-state index contributed by atoms with van der Waals surface area (Å²) in [6, 6.07) is 5.40. The molecular weight excluding hydrogens is 464 g/mol. The lowest BCUT2D eigenvalue weighted by Gasteiger charge is -2.17. The fourth-order valence-electron chi connectivity index (χ4n) is 3.70. The second-order valence-electron chi connectivity index (χ2n) is 10.2. The van der Waals surface area contributed by atoms with Crippen molar-refractivity contribution < 1.29 is 18.6 Å². The second-order valence-corrected chi connectivity index (χ2v) is 10.2. The third kappa shape index (κ3) is 10.4. The van der Waals surface area contributed by atoms with E-state index in [0.717, 1.165) is 25.7 Å². The van der Waals surface area contributed by atoms with Gasteiger partial charge in [0.2, 0.25) is 5.75 Å². The summed E-state index contributed by atoms with van der Waals surface area (Å²) in [5, 5.41) is 0.602. The summed E-state index contributed by atoms with van der Waals surface area (Å²) >= 11 is 0. The molecule has 1 aromatic heterocycles. The van der Waals surface area contributed by atoms with Gasteiger partial charge in [0, 0.05) is 0 Å². The smallest absolute Gasteiger partial charge is 0.383 e. The van der Waals surface area contributed by atoms with Crippen LogP contribution in [0.5, 0.6) is 17.2 Å². The number of fused-ring (bicyclic) bond motifs is 1. The van der Waals surface area contributed by atoms with Crippen molar-refractivity contribution in [2.75, 3.05) is 13.2 Å². The van der Waals surface area contributed by atoms with Crippen LogP contribution in [0.15, 0.2) is 74.0 Å². The minimum atomic E-state index is -0.566.